The van der Waals surface area contributed by atoms with Gasteiger partial charge in [-0.3, -0.25) is 9.59 Å². The zero-order chi connectivity index (χ0) is 24.1. The lowest BCUT2D eigenvalue weighted by Gasteiger charge is -2.28. The summed E-state index contributed by atoms with van der Waals surface area (Å²) in [5, 5.41) is 0.716. The SMILES string of the molecule is CN(C(=O)c1ccc(Cl)cc1F)c1ccc(-c2cc(C(N)=O)ccc2Cl)cc1N1CC2CC2C1. The molecule has 0 radical (unpaired) electrons. The molecular weight excluding hydrogens is 476 g/mol. The normalized spacial score (nSPS) is 18.5. The summed E-state index contributed by atoms with van der Waals surface area (Å²) in [6, 6.07) is 14.6. The Hall–Kier alpha value is -3.09. The Bertz CT molecular complexity index is 1320. The van der Waals surface area contributed by atoms with Gasteiger partial charge in [0, 0.05) is 41.3 Å². The molecule has 2 aliphatic rings. The van der Waals surface area contributed by atoms with E-state index in [9.17, 15) is 14.0 Å². The van der Waals surface area contributed by atoms with Crippen LogP contribution in [-0.4, -0.2) is 32.0 Å². The highest BCUT2D eigenvalue weighted by Crippen LogP contribution is 2.48. The highest BCUT2D eigenvalue weighted by atomic mass is 35.5. The van der Waals surface area contributed by atoms with Crippen LogP contribution in [0.5, 0.6) is 0 Å². The van der Waals surface area contributed by atoms with E-state index in [2.05, 4.69) is 4.90 Å². The summed E-state index contributed by atoms with van der Waals surface area (Å²) in [4.78, 5) is 28.6. The van der Waals surface area contributed by atoms with Crippen LogP contribution in [0.1, 0.15) is 27.1 Å². The van der Waals surface area contributed by atoms with Crippen molar-refractivity contribution in [3.63, 3.8) is 0 Å². The monoisotopic (exact) mass is 497 g/mol. The van der Waals surface area contributed by atoms with Crippen LogP contribution in [0, 0.1) is 17.7 Å². The first-order valence-electron chi connectivity index (χ1n) is 10.9. The van der Waals surface area contributed by atoms with Gasteiger partial charge in [0.25, 0.3) is 5.91 Å². The molecule has 2 fully saturated rings. The lowest BCUT2D eigenvalue weighted by molar-refractivity contribution is 0.0985. The number of amides is 2. The molecule has 5 nitrogen and oxygen atoms in total. The van der Waals surface area contributed by atoms with E-state index < -0.39 is 17.6 Å². The molecular formula is C26H22Cl2FN3O2. The van der Waals surface area contributed by atoms with Gasteiger partial charge in [0.05, 0.1) is 16.9 Å². The number of fused-ring (bicyclic) bond motifs is 1. The third kappa shape index (κ3) is 4.12. The Balaban J connectivity index is 1.57. The molecule has 8 heteroatoms. The molecule has 5 rings (SSSR count). The van der Waals surface area contributed by atoms with Gasteiger partial charge in [-0.1, -0.05) is 29.3 Å². The molecule has 2 unspecified atom stereocenters. The van der Waals surface area contributed by atoms with Crippen molar-refractivity contribution < 1.29 is 14.0 Å². The van der Waals surface area contributed by atoms with E-state index >= 15 is 0 Å². The molecule has 0 bridgehead atoms. The number of halogens is 3. The van der Waals surface area contributed by atoms with Gasteiger partial charge in [0.15, 0.2) is 0 Å². The highest BCUT2D eigenvalue weighted by Gasteiger charge is 2.45. The van der Waals surface area contributed by atoms with Crippen molar-refractivity contribution in [1.82, 2.24) is 0 Å². The summed E-state index contributed by atoms with van der Waals surface area (Å²) in [5.41, 5.74) is 8.75. The summed E-state index contributed by atoms with van der Waals surface area (Å²) in [6.07, 6.45) is 1.22. The van der Waals surface area contributed by atoms with Crippen molar-refractivity contribution >= 4 is 46.4 Å². The van der Waals surface area contributed by atoms with Crippen LogP contribution in [0.4, 0.5) is 15.8 Å². The summed E-state index contributed by atoms with van der Waals surface area (Å²) in [6.45, 7) is 1.79. The fourth-order valence-corrected chi connectivity index (χ4v) is 5.06. The van der Waals surface area contributed by atoms with Gasteiger partial charge in [-0.15, -0.1) is 0 Å². The highest BCUT2D eigenvalue weighted by molar-refractivity contribution is 6.33. The molecule has 0 aromatic heterocycles. The Kier molecular flexibility index (Phi) is 5.74. The maximum atomic E-state index is 14.5. The molecule has 1 aliphatic heterocycles. The molecule has 1 saturated heterocycles. The number of carbonyl (C=O) groups is 2. The average molecular weight is 498 g/mol. The third-order valence-corrected chi connectivity index (χ3v) is 7.25. The first-order valence-corrected chi connectivity index (χ1v) is 11.7. The molecule has 174 valence electrons. The fourth-order valence-electron chi connectivity index (χ4n) is 4.68. The van der Waals surface area contributed by atoms with E-state index in [-0.39, 0.29) is 10.6 Å². The average Bonchev–Trinajstić information content (AvgIpc) is 3.42. The lowest BCUT2D eigenvalue weighted by Crippen LogP contribution is -2.30. The van der Waals surface area contributed by atoms with Gasteiger partial charge in [0.2, 0.25) is 5.91 Å². The van der Waals surface area contributed by atoms with Crippen LogP contribution in [0.3, 0.4) is 0 Å². The second kappa shape index (κ2) is 8.60. The van der Waals surface area contributed by atoms with Gasteiger partial charge >= 0.3 is 0 Å². The molecule has 1 heterocycles. The van der Waals surface area contributed by atoms with Gasteiger partial charge in [0.1, 0.15) is 5.82 Å². The van der Waals surface area contributed by atoms with Crippen molar-refractivity contribution in [2.45, 2.75) is 6.42 Å². The quantitative estimate of drug-likeness (QED) is 0.496. The van der Waals surface area contributed by atoms with Crippen LogP contribution < -0.4 is 15.5 Å². The standard InChI is InChI=1S/C26H22Cl2FN3O2/c1-31(26(34)19-5-4-18(27)11-22(19)29)23-7-3-14(10-24(23)32-12-16-8-17(16)13-32)20-9-15(25(30)33)2-6-21(20)28/h2-7,9-11,16-17H,8,12-13H2,1H3,(H2,30,33). The zero-order valence-electron chi connectivity index (χ0n) is 18.4. The smallest absolute Gasteiger partial charge is 0.261 e. The number of anilines is 2. The van der Waals surface area contributed by atoms with Crippen LogP contribution in [0.2, 0.25) is 10.0 Å². The van der Waals surface area contributed by atoms with Gasteiger partial charge in [-0.05, 0) is 72.4 Å². The Morgan fingerprint density at radius 3 is 2.44 bits per heavy atom. The van der Waals surface area contributed by atoms with Crippen molar-refractivity contribution in [3.8, 4) is 11.1 Å². The number of nitrogens with zero attached hydrogens (tertiary/aromatic N) is 2. The van der Waals surface area contributed by atoms with Crippen LogP contribution in [0.25, 0.3) is 11.1 Å². The number of primary amides is 1. The van der Waals surface area contributed by atoms with E-state index in [1.165, 1.54) is 23.5 Å². The summed E-state index contributed by atoms with van der Waals surface area (Å²) < 4.78 is 14.5. The second-order valence-electron chi connectivity index (χ2n) is 8.91. The van der Waals surface area contributed by atoms with Crippen LogP contribution in [0.15, 0.2) is 54.6 Å². The number of nitrogens with two attached hydrogens (primary N) is 1. The van der Waals surface area contributed by atoms with Crippen molar-refractivity contribution in [2.24, 2.45) is 17.6 Å². The number of hydrogen-bond acceptors (Lipinski definition) is 3. The van der Waals surface area contributed by atoms with E-state index in [0.29, 0.717) is 33.7 Å². The van der Waals surface area contributed by atoms with Gasteiger partial charge in [-0.2, -0.15) is 0 Å². The molecule has 2 N–H and O–H groups in total. The number of piperidine rings is 1. The van der Waals surface area contributed by atoms with Crippen molar-refractivity contribution in [3.05, 3.63) is 81.6 Å². The second-order valence-corrected chi connectivity index (χ2v) is 9.76. The minimum atomic E-state index is -0.667. The number of rotatable bonds is 5. The minimum Gasteiger partial charge on any atom is -0.369 e. The number of benzene rings is 3. The van der Waals surface area contributed by atoms with Gasteiger partial charge < -0.3 is 15.5 Å². The van der Waals surface area contributed by atoms with E-state index in [4.69, 9.17) is 28.9 Å². The molecule has 2 amide bonds. The van der Waals surface area contributed by atoms with Crippen LogP contribution in [-0.2, 0) is 0 Å². The van der Waals surface area contributed by atoms with E-state index in [1.54, 1.807) is 25.2 Å². The van der Waals surface area contributed by atoms with Crippen LogP contribution >= 0.6 is 23.2 Å². The maximum absolute atomic E-state index is 14.5. The number of hydrogen-bond donors (Lipinski definition) is 1. The molecule has 1 aliphatic carbocycles. The summed E-state index contributed by atoms with van der Waals surface area (Å²) in [5.74, 6) is -0.355. The Labute approximate surface area is 206 Å². The van der Waals surface area contributed by atoms with Crippen molar-refractivity contribution in [2.75, 3.05) is 29.9 Å². The largest absolute Gasteiger partial charge is 0.369 e. The maximum Gasteiger partial charge on any atom is 0.261 e. The first-order chi connectivity index (χ1) is 16.2. The molecule has 34 heavy (non-hydrogen) atoms. The lowest BCUT2D eigenvalue weighted by atomic mass is 10.0. The Morgan fingerprint density at radius 2 is 1.76 bits per heavy atom. The number of carbonyl (C=O) groups excluding carboxylic acids is 2. The minimum absolute atomic E-state index is 0.0524. The molecule has 2 atom stereocenters. The summed E-state index contributed by atoms with van der Waals surface area (Å²) >= 11 is 12.3. The Morgan fingerprint density at radius 1 is 1.03 bits per heavy atom. The van der Waals surface area contributed by atoms with E-state index in [0.717, 1.165) is 30.4 Å². The molecule has 3 aromatic rings. The van der Waals surface area contributed by atoms with Crippen molar-refractivity contribution in [1.29, 1.82) is 0 Å². The third-order valence-electron chi connectivity index (χ3n) is 6.68. The predicted molar refractivity (Wildman–Crippen MR) is 133 cm³/mol. The first kappa shape index (κ1) is 22.7. The molecule has 0 spiro atoms. The summed E-state index contributed by atoms with van der Waals surface area (Å²) in [7, 11) is 1.63. The van der Waals surface area contributed by atoms with Gasteiger partial charge in [-0.25, -0.2) is 4.39 Å². The fraction of sp³-hybridized carbons (Fsp3) is 0.231. The predicted octanol–water partition coefficient (Wildman–Crippen LogP) is 5.63. The molecule has 3 aromatic carbocycles. The molecule has 1 saturated carbocycles. The topological polar surface area (TPSA) is 66.6 Å². The zero-order valence-corrected chi connectivity index (χ0v) is 19.9. The van der Waals surface area contributed by atoms with E-state index in [1.807, 2.05) is 18.2 Å².